The fraction of sp³-hybridized carbons (Fsp3) is 0.667. The Balaban J connectivity index is 2.62. The number of aromatic carboxylic acids is 1. The lowest BCUT2D eigenvalue weighted by atomic mass is 9.82. The SMILES string of the molecule is COC[C@H](CS(C)(=O)=O)N(C(=O)C1CCC(C)CC1)c1cc(C#CC(C)(C)C)sc1C(=O)O. The van der Waals surface area contributed by atoms with Crippen LogP contribution in [0.4, 0.5) is 5.69 Å². The third kappa shape index (κ3) is 8.13. The third-order valence-electron chi connectivity index (χ3n) is 5.55. The van der Waals surface area contributed by atoms with E-state index in [1.165, 1.54) is 12.0 Å². The van der Waals surface area contributed by atoms with Crippen molar-refractivity contribution in [3.63, 3.8) is 0 Å². The zero-order valence-electron chi connectivity index (χ0n) is 20.3. The van der Waals surface area contributed by atoms with Gasteiger partial charge in [-0.25, -0.2) is 13.2 Å². The van der Waals surface area contributed by atoms with E-state index in [9.17, 15) is 23.1 Å². The summed E-state index contributed by atoms with van der Waals surface area (Å²) in [5.74, 6) is 4.60. The molecular weight excluding hydrogens is 462 g/mol. The minimum absolute atomic E-state index is 0.0275. The standard InChI is InChI=1S/C24H35NO6S2/c1-16-7-9-17(10-8-16)22(26)25(18(14-31-5)15-33(6,29)30)20-13-19(11-12-24(2,3)4)32-21(20)23(27)28/h13,16-18H,7-10,14-15H2,1-6H3,(H,27,28)/t16?,17?,18-/m1/s1. The summed E-state index contributed by atoms with van der Waals surface area (Å²) in [6.07, 6.45) is 4.30. The highest BCUT2D eigenvalue weighted by Gasteiger charge is 2.37. The Hall–Kier alpha value is -1.89. The molecule has 0 unspecified atom stereocenters. The van der Waals surface area contributed by atoms with E-state index < -0.39 is 21.8 Å². The molecule has 0 aliphatic heterocycles. The van der Waals surface area contributed by atoms with Crippen LogP contribution in [0, 0.1) is 29.1 Å². The maximum Gasteiger partial charge on any atom is 0.348 e. The van der Waals surface area contributed by atoms with Crippen molar-refractivity contribution in [3.8, 4) is 11.8 Å². The van der Waals surface area contributed by atoms with Crippen molar-refractivity contribution in [3.05, 3.63) is 15.8 Å². The van der Waals surface area contributed by atoms with Crippen LogP contribution in [0.1, 0.15) is 67.9 Å². The molecule has 1 heterocycles. The Morgan fingerprint density at radius 1 is 1.27 bits per heavy atom. The zero-order valence-corrected chi connectivity index (χ0v) is 21.9. The molecule has 33 heavy (non-hydrogen) atoms. The number of carboxylic acid groups (broad SMARTS) is 1. The minimum atomic E-state index is -3.47. The molecule has 184 valence electrons. The Morgan fingerprint density at radius 2 is 1.88 bits per heavy atom. The molecule has 2 rings (SSSR count). The molecule has 1 aromatic heterocycles. The Kier molecular flexibility index (Phi) is 9.14. The first-order valence-electron chi connectivity index (χ1n) is 11.1. The fourth-order valence-corrected chi connectivity index (χ4v) is 5.75. The summed E-state index contributed by atoms with van der Waals surface area (Å²) in [5, 5.41) is 9.90. The molecule has 0 aromatic carbocycles. The number of carbonyl (C=O) groups excluding carboxylic acids is 1. The van der Waals surface area contributed by atoms with Gasteiger partial charge in [-0.2, -0.15) is 0 Å². The lowest BCUT2D eigenvalue weighted by Crippen LogP contribution is -2.50. The second-order valence-corrected chi connectivity index (χ2v) is 13.2. The van der Waals surface area contributed by atoms with E-state index in [0.29, 0.717) is 23.6 Å². The highest BCUT2D eigenvalue weighted by Crippen LogP contribution is 2.36. The quantitative estimate of drug-likeness (QED) is 0.544. The van der Waals surface area contributed by atoms with Gasteiger partial charge in [0.05, 0.1) is 29.0 Å². The van der Waals surface area contributed by atoms with Gasteiger partial charge in [-0.3, -0.25) is 4.79 Å². The molecule has 1 atom stereocenters. The van der Waals surface area contributed by atoms with Crippen molar-refractivity contribution < 1.29 is 27.9 Å². The number of methoxy groups -OCH3 is 1. The molecule has 0 radical (unpaired) electrons. The molecule has 0 spiro atoms. The summed E-state index contributed by atoms with van der Waals surface area (Å²) in [4.78, 5) is 27.7. The van der Waals surface area contributed by atoms with E-state index in [2.05, 4.69) is 18.8 Å². The molecule has 0 bridgehead atoms. The highest BCUT2D eigenvalue weighted by atomic mass is 32.2. The number of nitrogens with zero attached hydrogens (tertiary/aromatic N) is 1. The third-order valence-corrected chi connectivity index (χ3v) is 7.57. The first-order valence-corrected chi connectivity index (χ1v) is 14.0. The second-order valence-electron chi connectivity index (χ2n) is 10.00. The van der Waals surface area contributed by atoms with Crippen molar-refractivity contribution in [1.29, 1.82) is 0 Å². The number of carbonyl (C=O) groups is 2. The predicted molar refractivity (Wildman–Crippen MR) is 132 cm³/mol. The molecule has 1 aromatic rings. The van der Waals surface area contributed by atoms with Gasteiger partial charge in [-0.05, 0) is 58.4 Å². The van der Waals surface area contributed by atoms with E-state index in [1.54, 1.807) is 6.07 Å². The van der Waals surface area contributed by atoms with Gasteiger partial charge < -0.3 is 14.7 Å². The summed E-state index contributed by atoms with van der Waals surface area (Å²) in [7, 11) is -2.04. The molecule has 9 heteroatoms. The van der Waals surface area contributed by atoms with Gasteiger partial charge in [0.15, 0.2) is 0 Å². The Morgan fingerprint density at radius 3 is 2.36 bits per heavy atom. The first kappa shape index (κ1) is 27.4. The maximum atomic E-state index is 13.8. The number of sulfone groups is 1. The number of thiophene rings is 1. The fourth-order valence-electron chi connectivity index (χ4n) is 3.96. The van der Waals surface area contributed by atoms with Crippen molar-refractivity contribution in [2.45, 2.75) is 59.4 Å². The number of hydrogen-bond acceptors (Lipinski definition) is 6. The molecule has 7 nitrogen and oxygen atoms in total. The molecule has 1 N–H and O–H groups in total. The Bertz CT molecular complexity index is 1020. The zero-order chi connectivity index (χ0) is 25.0. The topological polar surface area (TPSA) is 101 Å². The van der Waals surface area contributed by atoms with Crippen LogP contribution in [0.15, 0.2) is 6.07 Å². The summed E-state index contributed by atoms with van der Waals surface area (Å²) >= 11 is 0.997. The molecule has 1 amide bonds. The number of amides is 1. The summed E-state index contributed by atoms with van der Waals surface area (Å²) in [6.45, 7) is 7.98. The van der Waals surface area contributed by atoms with Gasteiger partial charge in [0.25, 0.3) is 0 Å². The lowest BCUT2D eigenvalue weighted by Gasteiger charge is -2.35. The summed E-state index contributed by atoms with van der Waals surface area (Å²) in [5.41, 5.74) is -0.0866. The number of rotatable bonds is 8. The van der Waals surface area contributed by atoms with Crippen LogP contribution >= 0.6 is 11.3 Å². The van der Waals surface area contributed by atoms with E-state index in [4.69, 9.17) is 4.74 Å². The van der Waals surface area contributed by atoms with Gasteiger partial charge in [0.2, 0.25) is 5.91 Å². The van der Waals surface area contributed by atoms with Crippen LogP contribution in [0.3, 0.4) is 0 Å². The molecule has 1 aliphatic carbocycles. The van der Waals surface area contributed by atoms with Crippen molar-refractivity contribution in [1.82, 2.24) is 0 Å². The maximum absolute atomic E-state index is 13.8. The van der Waals surface area contributed by atoms with Crippen molar-refractivity contribution in [2.24, 2.45) is 17.3 Å². The lowest BCUT2D eigenvalue weighted by molar-refractivity contribution is -0.124. The molecule has 1 saturated carbocycles. The Labute approximate surface area is 201 Å². The van der Waals surface area contributed by atoms with E-state index >= 15 is 0 Å². The molecule has 1 fully saturated rings. The normalized spacial score (nSPS) is 19.9. The minimum Gasteiger partial charge on any atom is -0.477 e. The monoisotopic (exact) mass is 497 g/mol. The van der Waals surface area contributed by atoms with Gasteiger partial charge in [0.1, 0.15) is 14.7 Å². The van der Waals surface area contributed by atoms with Crippen LogP contribution in [-0.2, 0) is 19.4 Å². The largest absolute Gasteiger partial charge is 0.477 e. The number of carboxylic acids is 1. The summed E-state index contributed by atoms with van der Waals surface area (Å²) in [6, 6.07) is 0.759. The number of ether oxygens (including phenoxy) is 1. The van der Waals surface area contributed by atoms with E-state index in [1.807, 2.05) is 20.8 Å². The van der Waals surface area contributed by atoms with E-state index in [0.717, 1.165) is 30.4 Å². The van der Waals surface area contributed by atoms with Crippen molar-refractivity contribution >= 4 is 38.7 Å². The smallest absolute Gasteiger partial charge is 0.348 e. The van der Waals surface area contributed by atoms with Crippen LogP contribution in [-0.4, -0.2) is 57.2 Å². The summed E-state index contributed by atoms with van der Waals surface area (Å²) < 4.78 is 29.7. The van der Waals surface area contributed by atoms with Gasteiger partial charge >= 0.3 is 5.97 Å². The number of anilines is 1. The van der Waals surface area contributed by atoms with Crippen LogP contribution < -0.4 is 4.90 Å². The van der Waals surface area contributed by atoms with Crippen molar-refractivity contribution in [2.75, 3.05) is 30.6 Å². The average Bonchev–Trinajstić information content (AvgIpc) is 3.10. The highest BCUT2D eigenvalue weighted by molar-refractivity contribution is 7.90. The number of hydrogen-bond donors (Lipinski definition) is 1. The molecule has 0 saturated heterocycles. The van der Waals surface area contributed by atoms with Crippen LogP contribution in [0.5, 0.6) is 0 Å². The van der Waals surface area contributed by atoms with Crippen LogP contribution in [0.2, 0.25) is 0 Å². The van der Waals surface area contributed by atoms with Gasteiger partial charge in [-0.15, -0.1) is 11.3 Å². The van der Waals surface area contributed by atoms with Gasteiger partial charge in [-0.1, -0.05) is 18.8 Å². The molecular formula is C24H35NO6S2. The second kappa shape index (κ2) is 11.0. The predicted octanol–water partition coefficient (Wildman–Crippen LogP) is 4.06. The first-order chi connectivity index (χ1) is 15.2. The van der Waals surface area contributed by atoms with Gasteiger partial charge in [0, 0.05) is 24.7 Å². The molecule has 1 aliphatic rings. The average molecular weight is 498 g/mol. The van der Waals surface area contributed by atoms with E-state index in [-0.39, 0.29) is 40.2 Å². The van der Waals surface area contributed by atoms with Crippen LogP contribution in [0.25, 0.3) is 0 Å².